The van der Waals surface area contributed by atoms with Gasteiger partial charge in [0.2, 0.25) is 0 Å². The first-order chi connectivity index (χ1) is 7.58. The Labute approximate surface area is 98.3 Å². The number of rotatable bonds is 3. The maximum atomic E-state index is 10.6. The van der Waals surface area contributed by atoms with Crippen molar-refractivity contribution in [3.05, 3.63) is 35.0 Å². The molecule has 0 fully saturated rings. The summed E-state index contributed by atoms with van der Waals surface area (Å²) in [4.78, 5) is 10.6. The molecule has 0 radical (unpaired) electrons. The fraction of sp³-hybridized carbons (Fsp3) is 0.250. The number of hydrogen-bond donors (Lipinski definition) is 1. The van der Waals surface area contributed by atoms with Gasteiger partial charge >= 0.3 is 5.97 Å². The van der Waals surface area contributed by atoms with E-state index in [1.807, 2.05) is 35.8 Å². The van der Waals surface area contributed by atoms with Crippen LogP contribution < -0.4 is 0 Å². The lowest BCUT2D eigenvalue weighted by molar-refractivity contribution is -0.137. The molecule has 0 amide bonds. The predicted molar refractivity (Wildman–Crippen MR) is 63.9 cm³/mol. The van der Waals surface area contributed by atoms with Crippen LogP contribution in [-0.2, 0) is 11.3 Å². The molecule has 2 rings (SSSR count). The summed E-state index contributed by atoms with van der Waals surface area (Å²) >= 11 is 5.93. The molecule has 4 heteroatoms. The van der Waals surface area contributed by atoms with Crippen LogP contribution >= 0.6 is 11.6 Å². The Morgan fingerprint density at radius 3 is 2.88 bits per heavy atom. The fourth-order valence-corrected chi connectivity index (χ4v) is 2.04. The highest BCUT2D eigenvalue weighted by molar-refractivity contribution is 6.31. The normalized spacial score (nSPS) is 10.9. The monoisotopic (exact) mass is 237 g/mol. The van der Waals surface area contributed by atoms with Gasteiger partial charge in [0.25, 0.3) is 0 Å². The van der Waals surface area contributed by atoms with Crippen molar-refractivity contribution in [2.45, 2.75) is 19.9 Å². The van der Waals surface area contributed by atoms with Gasteiger partial charge in [0.05, 0.1) is 6.42 Å². The van der Waals surface area contributed by atoms with Crippen LogP contribution in [0.25, 0.3) is 10.9 Å². The number of carbonyl (C=O) groups is 1. The van der Waals surface area contributed by atoms with E-state index >= 15 is 0 Å². The van der Waals surface area contributed by atoms with Crippen LogP contribution in [0.3, 0.4) is 0 Å². The third-order valence-electron chi connectivity index (χ3n) is 2.62. The Kier molecular flexibility index (Phi) is 2.88. The van der Waals surface area contributed by atoms with Crippen molar-refractivity contribution in [3.63, 3.8) is 0 Å². The summed E-state index contributed by atoms with van der Waals surface area (Å²) in [6.07, 6.45) is 0.122. The molecular formula is C12H12ClNO2. The first-order valence-corrected chi connectivity index (χ1v) is 5.43. The van der Waals surface area contributed by atoms with Crippen molar-refractivity contribution < 1.29 is 9.90 Å². The summed E-state index contributed by atoms with van der Waals surface area (Å²) in [5.74, 6) is -0.789. The Hall–Kier alpha value is -1.48. The molecule has 16 heavy (non-hydrogen) atoms. The van der Waals surface area contributed by atoms with E-state index in [1.54, 1.807) is 0 Å². The third-order valence-corrected chi connectivity index (χ3v) is 2.86. The topological polar surface area (TPSA) is 42.2 Å². The van der Waals surface area contributed by atoms with Crippen LogP contribution in [0.15, 0.2) is 24.3 Å². The molecular weight excluding hydrogens is 226 g/mol. The maximum absolute atomic E-state index is 10.6. The second kappa shape index (κ2) is 4.18. The summed E-state index contributed by atoms with van der Waals surface area (Å²) in [5.41, 5.74) is 2.05. The van der Waals surface area contributed by atoms with Gasteiger partial charge in [-0.15, -0.1) is 0 Å². The molecule has 2 aromatic rings. The summed E-state index contributed by atoms with van der Waals surface area (Å²) in [7, 11) is 0. The predicted octanol–water partition coefficient (Wildman–Crippen LogP) is 3.08. The number of carboxylic acid groups (broad SMARTS) is 1. The van der Waals surface area contributed by atoms with Crippen LogP contribution in [0.5, 0.6) is 0 Å². The van der Waals surface area contributed by atoms with E-state index in [2.05, 4.69) is 0 Å². The van der Waals surface area contributed by atoms with E-state index in [9.17, 15) is 4.79 Å². The molecule has 1 heterocycles. The zero-order chi connectivity index (χ0) is 11.7. The maximum Gasteiger partial charge on any atom is 0.305 e. The van der Waals surface area contributed by atoms with Crippen LogP contribution in [0.4, 0.5) is 0 Å². The number of fused-ring (bicyclic) bond motifs is 1. The van der Waals surface area contributed by atoms with Gasteiger partial charge in [0.1, 0.15) is 0 Å². The zero-order valence-electron chi connectivity index (χ0n) is 8.90. The largest absolute Gasteiger partial charge is 0.481 e. The molecule has 3 nitrogen and oxygen atoms in total. The molecule has 0 spiro atoms. The second-order valence-corrected chi connectivity index (χ2v) is 4.22. The van der Waals surface area contributed by atoms with Gasteiger partial charge in [0, 0.05) is 22.8 Å². The highest BCUT2D eigenvalue weighted by Crippen LogP contribution is 2.23. The minimum absolute atomic E-state index is 0.122. The van der Waals surface area contributed by atoms with E-state index < -0.39 is 5.97 Å². The van der Waals surface area contributed by atoms with Crippen LogP contribution in [-0.4, -0.2) is 15.6 Å². The van der Waals surface area contributed by atoms with E-state index in [1.165, 1.54) is 0 Å². The van der Waals surface area contributed by atoms with Gasteiger partial charge in [-0.25, -0.2) is 0 Å². The van der Waals surface area contributed by atoms with Gasteiger partial charge in [-0.3, -0.25) is 4.79 Å². The summed E-state index contributed by atoms with van der Waals surface area (Å²) in [5, 5.41) is 10.4. The van der Waals surface area contributed by atoms with Crippen molar-refractivity contribution in [1.29, 1.82) is 0 Å². The number of halogens is 1. The molecule has 0 bridgehead atoms. The van der Waals surface area contributed by atoms with Gasteiger partial charge < -0.3 is 9.67 Å². The Morgan fingerprint density at radius 1 is 1.44 bits per heavy atom. The molecule has 1 aromatic heterocycles. The molecule has 0 saturated carbocycles. The third kappa shape index (κ3) is 2.04. The van der Waals surface area contributed by atoms with Gasteiger partial charge in [-0.2, -0.15) is 0 Å². The molecule has 0 aliphatic rings. The smallest absolute Gasteiger partial charge is 0.305 e. The molecule has 84 valence electrons. The lowest BCUT2D eigenvalue weighted by Crippen LogP contribution is -2.05. The standard InChI is InChI=1S/C12H12ClNO2/c1-8-6-9-2-3-10(13)7-11(9)14(8)5-4-12(15)16/h2-3,6-7H,4-5H2,1H3,(H,15,16). The number of carboxylic acids is 1. The quantitative estimate of drug-likeness (QED) is 0.892. The molecule has 0 saturated heterocycles. The first kappa shape index (κ1) is 11.0. The highest BCUT2D eigenvalue weighted by atomic mass is 35.5. The Balaban J connectivity index is 2.45. The summed E-state index contributed by atoms with van der Waals surface area (Å²) in [6, 6.07) is 7.69. The van der Waals surface area contributed by atoms with Gasteiger partial charge in [-0.05, 0) is 30.5 Å². The number of benzene rings is 1. The average Bonchev–Trinajstić information content (AvgIpc) is 2.51. The molecule has 0 atom stereocenters. The number of nitrogens with zero attached hydrogens (tertiary/aromatic N) is 1. The van der Waals surface area contributed by atoms with Crippen molar-refractivity contribution >= 4 is 28.5 Å². The van der Waals surface area contributed by atoms with E-state index in [0.717, 1.165) is 16.6 Å². The van der Waals surface area contributed by atoms with Crippen LogP contribution in [0, 0.1) is 6.92 Å². The highest BCUT2D eigenvalue weighted by Gasteiger charge is 2.07. The SMILES string of the molecule is Cc1cc2ccc(Cl)cc2n1CCC(=O)O. The van der Waals surface area contributed by atoms with E-state index in [-0.39, 0.29) is 6.42 Å². The second-order valence-electron chi connectivity index (χ2n) is 3.78. The minimum Gasteiger partial charge on any atom is -0.481 e. The Bertz CT molecular complexity index is 545. The molecule has 0 unspecified atom stereocenters. The summed E-state index contributed by atoms with van der Waals surface area (Å²) < 4.78 is 1.98. The minimum atomic E-state index is -0.789. The van der Waals surface area contributed by atoms with Crippen molar-refractivity contribution in [2.75, 3.05) is 0 Å². The lowest BCUT2D eigenvalue weighted by atomic mass is 10.2. The zero-order valence-corrected chi connectivity index (χ0v) is 9.66. The molecule has 1 aromatic carbocycles. The lowest BCUT2D eigenvalue weighted by Gasteiger charge is -2.06. The molecule has 1 N–H and O–H groups in total. The van der Waals surface area contributed by atoms with Crippen molar-refractivity contribution in [2.24, 2.45) is 0 Å². The van der Waals surface area contributed by atoms with Crippen molar-refractivity contribution in [3.8, 4) is 0 Å². The van der Waals surface area contributed by atoms with Crippen LogP contribution in [0.2, 0.25) is 5.02 Å². The van der Waals surface area contributed by atoms with E-state index in [4.69, 9.17) is 16.7 Å². The van der Waals surface area contributed by atoms with Crippen LogP contribution in [0.1, 0.15) is 12.1 Å². The first-order valence-electron chi connectivity index (χ1n) is 5.05. The molecule has 0 aliphatic carbocycles. The number of aliphatic carboxylic acids is 1. The average molecular weight is 238 g/mol. The van der Waals surface area contributed by atoms with Gasteiger partial charge in [-0.1, -0.05) is 17.7 Å². The number of aromatic nitrogens is 1. The Morgan fingerprint density at radius 2 is 2.19 bits per heavy atom. The number of hydrogen-bond acceptors (Lipinski definition) is 1. The van der Waals surface area contributed by atoms with Gasteiger partial charge in [0.15, 0.2) is 0 Å². The van der Waals surface area contributed by atoms with E-state index in [0.29, 0.717) is 11.6 Å². The van der Waals surface area contributed by atoms with Crippen molar-refractivity contribution in [1.82, 2.24) is 4.57 Å². The summed E-state index contributed by atoms with van der Waals surface area (Å²) in [6.45, 7) is 2.45. The number of aryl methyl sites for hydroxylation is 2. The molecule has 0 aliphatic heterocycles. The fourth-order valence-electron chi connectivity index (χ4n) is 1.87.